The van der Waals surface area contributed by atoms with Gasteiger partial charge < -0.3 is 9.52 Å². The standard InChI is InChI=1S/C20H17ClN2O3S/c1-23(7-8-24)11-12-5-6-13-10-14(20(25)26-16(13)9-12)19-22-18-15(21)3-2-4-17(18)27-19/h2-6,9-10,24H,7-8,11H2,1H3. The van der Waals surface area contributed by atoms with Gasteiger partial charge in [0.1, 0.15) is 16.1 Å². The first-order valence-electron chi connectivity index (χ1n) is 8.47. The summed E-state index contributed by atoms with van der Waals surface area (Å²) in [7, 11) is 1.93. The van der Waals surface area contributed by atoms with Gasteiger partial charge in [0.25, 0.3) is 0 Å². The molecule has 1 N–H and O–H groups in total. The highest BCUT2D eigenvalue weighted by atomic mass is 35.5. The van der Waals surface area contributed by atoms with Crippen molar-refractivity contribution in [2.24, 2.45) is 0 Å². The van der Waals surface area contributed by atoms with Gasteiger partial charge in [0.2, 0.25) is 0 Å². The number of hydrogen-bond donors (Lipinski definition) is 1. The third kappa shape index (κ3) is 3.61. The number of benzene rings is 2. The number of halogens is 1. The molecule has 2 heterocycles. The summed E-state index contributed by atoms with van der Waals surface area (Å²) in [6.45, 7) is 1.36. The minimum absolute atomic E-state index is 0.106. The van der Waals surface area contributed by atoms with Gasteiger partial charge in [0.05, 0.1) is 21.9 Å². The van der Waals surface area contributed by atoms with E-state index in [4.69, 9.17) is 21.1 Å². The number of fused-ring (bicyclic) bond motifs is 2. The van der Waals surface area contributed by atoms with E-state index in [0.717, 1.165) is 15.6 Å². The molecule has 0 aliphatic carbocycles. The average Bonchev–Trinajstić information content (AvgIpc) is 3.06. The Morgan fingerprint density at radius 3 is 2.89 bits per heavy atom. The number of rotatable bonds is 5. The van der Waals surface area contributed by atoms with Crippen molar-refractivity contribution in [3.05, 3.63) is 63.5 Å². The van der Waals surface area contributed by atoms with E-state index in [0.29, 0.717) is 39.8 Å². The molecule has 0 saturated carbocycles. The Bertz CT molecular complexity index is 1180. The third-order valence-electron chi connectivity index (χ3n) is 4.33. The maximum atomic E-state index is 12.6. The van der Waals surface area contributed by atoms with E-state index in [-0.39, 0.29) is 6.61 Å². The first-order valence-corrected chi connectivity index (χ1v) is 9.66. The molecule has 7 heteroatoms. The fourth-order valence-electron chi connectivity index (χ4n) is 2.99. The molecule has 0 saturated heterocycles. The summed E-state index contributed by atoms with van der Waals surface area (Å²) in [5.74, 6) is 0. The lowest BCUT2D eigenvalue weighted by Crippen LogP contribution is -2.21. The van der Waals surface area contributed by atoms with Gasteiger partial charge >= 0.3 is 5.63 Å². The van der Waals surface area contributed by atoms with Crippen molar-refractivity contribution in [3.8, 4) is 10.6 Å². The lowest BCUT2D eigenvalue weighted by molar-refractivity contribution is 0.217. The van der Waals surface area contributed by atoms with Crippen molar-refractivity contribution in [2.45, 2.75) is 6.54 Å². The lowest BCUT2D eigenvalue weighted by Gasteiger charge is -2.15. The molecule has 27 heavy (non-hydrogen) atoms. The number of para-hydroxylation sites is 1. The molecule has 0 unspecified atom stereocenters. The SMILES string of the molecule is CN(CCO)Cc1ccc2cc(-c3nc4c(Cl)cccc4s3)c(=O)oc2c1. The summed E-state index contributed by atoms with van der Waals surface area (Å²) in [4.78, 5) is 19.1. The predicted octanol–water partition coefficient (Wildman–Crippen LogP) is 4.15. The molecule has 138 valence electrons. The molecule has 5 nitrogen and oxygen atoms in total. The molecule has 2 aromatic heterocycles. The molecule has 0 spiro atoms. The van der Waals surface area contributed by atoms with Crippen molar-refractivity contribution in [3.63, 3.8) is 0 Å². The van der Waals surface area contributed by atoms with Crippen LogP contribution < -0.4 is 5.63 Å². The van der Waals surface area contributed by atoms with Gasteiger partial charge in [-0.2, -0.15) is 0 Å². The first kappa shape index (κ1) is 18.1. The molecular weight excluding hydrogens is 384 g/mol. The van der Waals surface area contributed by atoms with Gasteiger partial charge in [-0.3, -0.25) is 4.90 Å². The number of aromatic nitrogens is 1. The van der Waals surface area contributed by atoms with Crippen LogP contribution in [0.1, 0.15) is 5.56 Å². The van der Waals surface area contributed by atoms with Crippen LogP contribution in [0.15, 0.2) is 51.7 Å². The zero-order valence-electron chi connectivity index (χ0n) is 14.6. The second-order valence-electron chi connectivity index (χ2n) is 6.39. The molecule has 0 atom stereocenters. The van der Waals surface area contributed by atoms with Crippen molar-refractivity contribution < 1.29 is 9.52 Å². The average molecular weight is 401 g/mol. The van der Waals surface area contributed by atoms with Gasteiger partial charge in [-0.05, 0) is 36.9 Å². The Morgan fingerprint density at radius 1 is 1.26 bits per heavy atom. The largest absolute Gasteiger partial charge is 0.422 e. The van der Waals surface area contributed by atoms with Crippen LogP contribution in [-0.4, -0.2) is 35.2 Å². The zero-order valence-corrected chi connectivity index (χ0v) is 16.2. The molecule has 0 aliphatic heterocycles. The van der Waals surface area contributed by atoms with Crippen LogP contribution in [-0.2, 0) is 6.54 Å². The van der Waals surface area contributed by atoms with E-state index < -0.39 is 5.63 Å². The summed E-state index contributed by atoms with van der Waals surface area (Å²) in [6, 6.07) is 13.2. The quantitative estimate of drug-likeness (QED) is 0.510. The number of aliphatic hydroxyl groups excluding tert-OH is 1. The van der Waals surface area contributed by atoms with E-state index in [9.17, 15) is 4.79 Å². The smallest absolute Gasteiger partial charge is 0.346 e. The van der Waals surface area contributed by atoms with Gasteiger partial charge in [-0.1, -0.05) is 29.8 Å². The molecule has 4 rings (SSSR count). The summed E-state index contributed by atoms with van der Waals surface area (Å²) in [5.41, 5.74) is 2.27. The number of aliphatic hydroxyl groups is 1. The number of nitrogens with zero attached hydrogens (tertiary/aromatic N) is 2. The molecule has 0 bridgehead atoms. The Hall–Kier alpha value is -2.25. The van der Waals surface area contributed by atoms with Crippen LogP contribution in [0.2, 0.25) is 5.02 Å². The Morgan fingerprint density at radius 2 is 2.11 bits per heavy atom. The van der Waals surface area contributed by atoms with Crippen molar-refractivity contribution in [1.82, 2.24) is 9.88 Å². The monoisotopic (exact) mass is 400 g/mol. The molecule has 0 fully saturated rings. The number of hydrogen-bond acceptors (Lipinski definition) is 6. The minimum Gasteiger partial charge on any atom is -0.422 e. The Labute approximate surface area is 164 Å². The Kier molecular flexibility index (Phi) is 4.97. The van der Waals surface area contributed by atoms with Crippen LogP contribution in [0, 0.1) is 0 Å². The van der Waals surface area contributed by atoms with Crippen LogP contribution in [0.5, 0.6) is 0 Å². The van der Waals surface area contributed by atoms with Crippen molar-refractivity contribution >= 4 is 44.1 Å². The molecule has 0 aliphatic rings. The highest BCUT2D eigenvalue weighted by Crippen LogP contribution is 2.33. The Balaban J connectivity index is 1.75. The van der Waals surface area contributed by atoms with Crippen LogP contribution >= 0.6 is 22.9 Å². The first-order chi connectivity index (χ1) is 13.0. The second kappa shape index (κ2) is 7.40. The van der Waals surface area contributed by atoms with Crippen molar-refractivity contribution in [1.29, 1.82) is 0 Å². The fraction of sp³-hybridized carbons (Fsp3) is 0.200. The normalized spacial score (nSPS) is 11.7. The molecule has 2 aromatic carbocycles. The number of thiazole rings is 1. The van der Waals surface area contributed by atoms with Gasteiger partial charge in [0, 0.05) is 18.5 Å². The molecule has 0 radical (unpaired) electrons. The van der Waals surface area contributed by atoms with Gasteiger partial charge in [-0.15, -0.1) is 11.3 Å². The highest BCUT2D eigenvalue weighted by molar-refractivity contribution is 7.21. The van der Waals surface area contributed by atoms with Gasteiger partial charge in [-0.25, -0.2) is 9.78 Å². The number of likely N-dealkylation sites (N-methyl/N-ethyl adjacent to an activating group) is 1. The molecule has 0 amide bonds. The zero-order chi connectivity index (χ0) is 19.0. The van der Waals surface area contributed by atoms with E-state index in [1.807, 2.05) is 48.3 Å². The topological polar surface area (TPSA) is 66.6 Å². The maximum Gasteiger partial charge on any atom is 0.346 e. The van der Waals surface area contributed by atoms with E-state index in [2.05, 4.69) is 4.98 Å². The summed E-state index contributed by atoms with van der Waals surface area (Å²) in [5, 5.41) is 11.0. The van der Waals surface area contributed by atoms with E-state index in [1.165, 1.54) is 11.3 Å². The summed E-state index contributed by atoms with van der Waals surface area (Å²) < 4.78 is 6.50. The molecular formula is C20H17ClN2O3S. The van der Waals surface area contributed by atoms with Crippen molar-refractivity contribution in [2.75, 3.05) is 20.2 Å². The van der Waals surface area contributed by atoms with Crippen LogP contribution in [0.3, 0.4) is 0 Å². The van der Waals surface area contributed by atoms with E-state index in [1.54, 1.807) is 6.07 Å². The lowest BCUT2D eigenvalue weighted by atomic mass is 10.1. The fourth-order valence-corrected chi connectivity index (χ4v) is 4.26. The van der Waals surface area contributed by atoms with Crippen LogP contribution in [0.25, 0.3) is 31.8 Å². The third-order valence-corrected chi connectivity index (χ3v) is 5.69. The summed E-state index contributed by atoms with van der Waals surface area (Å²) >= 11 is 7.62. The maximum absolute atomic E-state index is 12.6. The van der Waals surface area contributed by atoms with Crippen LogP contribution in [0.4, 0.5) is 0 Å². The minimum atomic E-state index is -0.418. The van der Waals surface area contributed by atoms with E-state index >= 15 is 0 Å². The highest BCUT2D eigenvalue weighted by Gasteiger charge is 2.14. The summed E-state index contributed by atoms with van der Waals surface area (Å²) in [6.07, 6.45) is 0. The van der Waals surface area contributed by atoms with Gasteiger partial charge in [0.15, 0.2) is 0 Å². The molecule has 4 aromatic rings. The second-order valence-corrected chi connectivity index (χ2v) is 7.82. The predicted molar refractivity (Wildman–Crippen MR) is 110 cm³/mol.